The molecule has 7 heteroatoms. The predicted octanol–water partition coefficient (Wildman–Crippen LogP) is 4.29. The molecule has 0 fully saturated rings. The SMILES string of the molecule is CCCCC(Cl)O[P+](=O)OC(=O)c1ccc(C)cc1O. The molecule has 0 aromatic heterocycles. The van der Waals surface area contributed by atoms with Crippen LogP contribution in [0.25, 0.3) is 0 Å². The van der Waals surface area contributed by atoms with Crippen molar-refractivity contribution >= 4 is 25.8 Å². The maximum Gasteiger partial charge on any atom is 0.755 e. The van der Waals surface area contributed by atoms with Gasteiger partial charge in [-0.1, -0.05) is 35.5 Å². The Morgan fingerprint density at radius 3 is 2.80 bits per heavy atom. The summed E-state index contributed by atoms with van der Waals surface area (Å²) < 4.78 is 21.0. The monoisotopic (exact) mass is 319 g/mol. The largest absolute Gasteiger partial charge is 0.755 e. The van der Waals surface area contributed by atoms with Crippen LogP contribution in [0.15, 0.2) is 18.2 Å². The molecule has 0 radical (unpaired) electrons. The quantitative estimate of drug-likeness (QED) is 0.599. The van der Waals surface area contributed by atoms with Gasteiger partial charge in [-0.25, -0.2) is 4.79 Å². The molecule has 0 saturated carbocycles. The number of phenols is 1. The summed E-state index contributed by atoms with van der Waals surface area (Å²) in [6, 6.07) is 4.44. The zero-order valence-electron chi connectivity index (χ0n) is 11.3. The highest BCUT2D eigenvalue weighted by Gasteiger charge is 2.32. The first-order chi connectivity index (χ1) is 9.43. The molecule has 2 atom stereocenters. The number of carbonyl (C=O) groups is 1. The first-order valence-corrected chi connectivity index (χ1v) is 7.77. The van der Waals surface area contributed by atoms with Gasteiger partial charge < -0.3 is 5.11 Å². The second-order valence-electron chi connectivity index (χ2n) is 4.28. The number of halogens is 1. The Hall–Kier alpha value is -1.16. The third kappa shape index (κ3) is 5.45. The highest BCUT2D eigenvalue weighted by molar-refractivity contribution is 7.34. The molecule has 2 unspecified atom stereocenters. The van der Waals surface area contributed by atoms with Crippen LogP contribution in [-0.4, -0.2) is 16.6 Å². The van der Waals surface area contributed by atoms with E-state index in [2.05, 4.69) is 4.52 Å². The normalized spacial score (nSPS) is 12.8. The Morgan fingerprint density at radius 2 is 2.20 bits per heavy atom. The van der Waals surface area contributed by atoms with E-state index in [0.29, 0.717) is 6.42 Å². The molecule has 1 N–H and O–H groups in total. The fourth-order valence-corrected chi connectivity index (χ4v) is 2.38. The minimum absolute atomic E-state index is 0.0674. The molecule has 0 spiro atoms. The molecule has 0 aliphatic rings. The lowest BCUT2D eigenvalue weighted by atomic mass is 10.1. The second-order valence-corrected chi connectivity index (χ2v) is 5.61. The average molecular weight is 320 g/mol. The summed E-state index contributed by atoms with van der Waals surface area (Å²) in [6.07, 6.45) is 2.27. The number of unbranched alkanes of at least 4 members (excludes halogenated alkanes) is 1. The number of carbonyl (C=O) groups excluding carboxylic acids is 1. The van der Waals surface area contributed by atoms with Crippen LogP contribution in [0.4, 0.5) is 0 Å². The van der Waals surface area contributed by atoms with Crippen molar-refractivity contribution in [3.8, 4) is 5.75 Å². The van der Waals surface area contributed by atoms with Crippen molar-refractivity contribution in [3.05, 3.63) is 29.3 Å². The van der Waals surface area contributed by atoms with E-state index in [1.54, 1.807) is 13.0 Å². The number of alkyl halides is 1. The molecular formula is C13H17ClO5P+. The summed E-state index contributed by atoms with van der Waals surface area (Å²) in [5, 5.41) is 9.61. The molecule has 0 amide bonds. The highest BCUT2D eigenvalue weighted by Crippen LogP contribution is 2.32. The maximum atomic E-state index is 11.7. The number of aromatic hydroxyl groups is 1. The molecule has 0 heterocycles. The van der Waals surface area contributed by atoms with Crippen molar-refractivity contribution in [1.29, 1.82) is 0 Å². The van der Waals surface area contributed by atoms with E-state index in [4.69, 9.17) is 16.1 Å². The maximum absolute atomic E-state index is 11.7. The summed E-state index contributed by atoms with van der Waals surface area (Å²) in [5.74, 6) is -1.14. The number of phenolic OH excluding ortho intramolecular Hbond substituents is 1. The highest BCUT2D eigenvalue weighted by atomic mass is 35.5. The Morgan fingerprint density at radius 1 is 1.50 bits per heavy atom. The molecule has 1 aromatic rings. The van der Waals surface area contributed by atoms with Gasteiger partial charge in [0.2, 0.25) is 0 Å². The number of hydrogen-bond donors (Lipinski definition) is 1. The molecule has 0 aliphatic carbocycles. The van der Waals surface area contributed by atoms with Crippen LogP contribution in [0.1, 0.15) is 42.1 Å². The van der Waals surface area contributed by atoms with Crippen molar-refractivity contribution in [2.75, 3.05) is 0 Å². The number of aryl methyl sites for hydroxylation is 1. The van der Waals surface area contributed by atoms with Gasteiger partial charge in [-0.15, -0.1) is 0 Å². The zero-order valence-corrected chi connectivity index (χ0v) is 13.0. The van der Waals surface area contributed by atoms with Crippen molar-refractivity contribution in [1.82, 2.24) is 0 Å². The van der Waals surface area contributed by atoms with E-state index in [0.717, 1.165) is 18.4 Å². The van der Waals surface area contributed by atoms with E-state index in [9.17, 15) is 14.5 Å². The van der Waals surface area contributed by atoms with Crippen molar-refractivity contribution < 1.29 is 23.5 Å². The van der Waals surface area contributed by atoms with Crippen LogP contribution in [0, 0.1) is 6.92 Å². The van der Waals surface area contributed by atoms with Gasteiger partial charge in [-0.3, -0.25) is 0 Å². The van der Waals surface area contributed by atoms with Gasteiger partial charge >= 0.3 is 14.2 Å². The van der Waals surface area contributed by atoms with Crippen molar-refractivity contribution in [3.63, 3.8) is 0 Å². The standard InChI is InChI=1S/C13H16ClO5P/c1-3-4-5-12(14)18-20(17)19-13(16)10-7-6-9(2)8-11(10)15/h6-8,12H,3-5H2,1-2H3/p+1. The molecule has 5 nitrogen and oxygen atoms in total. The first kappa shape index (κ1) is 16.9. The van der Waals surface area contributed by atoms with Gasteiger partial charge in [0.15, 0.2) is 5.56 Å². The Kier molecular flexibility index (Phi) is 6.93. The van der Waals surface area contributed by atoms with E-state index < -0.39 is 19.8 Å². The molecule has 20 heavy (non-hydrogen) atoms. The molecule has 1 aromatic carbocycles. The van der Waals surface area contributed by atoms with Gasteiger partial charge in [-0.2, -0.15) is 4.52 Å². The first-order valence-electron chi connectivity index (χ1n) is 6.24. The van der Waals surface area contributed by atoms with Crippen LogP contribution in [0.2, 0.25) is 0 Å². The summed E-state index contributed by atoms with van der Waals surface area (Å²) in [6.45, 7) is 3.76. The van der Waals surface area contributed by atoms with E-state index in [-0.39, 0.29) is 11.3 Å². The van der Waals surface area contributed by atoms with Gasteiger partial charge in [0, 0.05) is 4.57 Å². The van der Waals surface area contributed by atoms with Crippen molar-refractivity contribution in [2.24, 2.45) is 0 Å². The smallest absolute Gasteiger partial charge is 0.507 e. The van der Waals surface area contributed by atoms with Crippen LogP contribution < -0.4 is 0 Å². The third-order valence-corrected chi connectivity index (χ3v) is 3.69. The van der Waals surface area contributed by atoms with Gasteiger partial charge in [0.1, 0.15) is 11.3 Å². The zero-order chi connectivity index (χ0) is 15.1. The summed E-state index contributed by atoms with van der Waals surface area (Å²) in [7, 11) is -2.66. The topological polar surface area (TPSA) is 72.8 Å². The lowest BCUT2D eigenvalue weighted by molar-refractivity contribution is 0.0707. The number of hydrogen-bond acceptors (Lipinski definition) is 5. The fraction of sp³-hybridized carbons (Fsp3) is 0.462. The molecule has 0 aliphatic heterocycles. The number of benzene rings is 1. The fourth-order valence-electron chi connectivity index (χ4n) is 1.46. The van der Waals surface area contributed by atoms with E-state index in [1.807, 2.05) is 6.92 Å². The minimum atomic E-state index is -2.66. The van der Waals surface area contributed by atoms with E-state index >= 15 is 0 Å². The Labute approximate surface area is 123 Å². The van der Waals surface area contributed by atoms with Crippen LogP contribution >= 0.6 is 19.9 Å². The molecule has 110 valence electrons. The lowest BCUT2D eigenvalue weighted by Gasteiger charge is -2.01. The molecule has 0 saturated heterocycles. The third-order valence-electron chi connectivity index (χ3n) is 2.52. The van der Waals surface area contributed by atoms with Crippen molar-refractivity contribution in [2.45, 2.75) is 38.7 Å². The summed E-state index contributed by atoms with van der Waals surface area (Å²) >= 11 is 5.79. The Bertz CT molecular complexity index is 492. The summed E-state index contributed by atoms with van der Waals surface area (Å²) in [5.41, 5.74) is -0.0414. The number of rotatable bonds is 7. The second kappa shape index (κ2) is 8.20. The summed E-state index contributed by atoms with van der Waals surface area (Å²) in [4.78, 5) is 11.7. The molecule has 1 rings (SSSR count). The molecular weight excluding hydrogens is 303 g/mol. The van der Waals surface area contributed by atoms with Gasteiger partial charge in [-0.05, 0) is 37.5 Å². The minimum Gasteiger partial charge on any atom is -0.507 e. The predicted molar refractivity (Wildman–Crippen MR) is 76.1 cm³/mol. The van der Waals surface area contributed by atoms with E-state index in [1.165, 1.54) is 12.1 Å². The average Bonchev–Trinajstić information content (AvgIpc) is 2.35. The molecule has 0 bridgehead atoms. The van der Waals surface area contributed by atoms with Gasteiger partial charge in [0.05, 0.1) is 0 Å². The van der Waals surface area contributed by atoms with Gasteiger partial charge in [0.25, 0.3) is 0 Å². The van der Waals surface area contributed by atoms with Crippen LogP contribution in [-0.2, 0) is 13.6 Å². The Balaban J connectivity index is 2.55. The van der Waals surface area contributed by atoms with Crippen LogP contribution in [0.5, 0.6) is 5.75 Å². The van der Waals surface area contributed by atoms with Crippen LogP contribution in [0.3, 0.4) is 0 Å². The lowest BCUT2D eigenvalue weighted by Crippen LogP contribution is -2.04.